The predicted octanol–water partition coefficient (Wildman–Crippen LogP) is 3.60. The molecular weight excluding hydrogens is 416 g/mol. The van der Waals surface area contributed by atoms with Gasteiger partial charge in [0.25, 0.3) is 11.8 Å². The summed E-state index contributed by atoms with van der Waals surface area (Å²) >= 11 is 6.02. The fourth-order valence-corrected chi connectivity index (χ4v) is 2.99. The van der Waals surface area contributed by atoms with Crippen LogP contribution in [0.15, 0.2) is 78.9 Å². The van der Waals surface area contributed by atoms with Gasteiger partial charge in [0.15, 0.2) is 6.61 Å². The fourth-order valence-electron chi connectivity index (χ4n) is 2.78. The Bertz CT molecular complexity index is 1050. The number of esters is 1. The molecule has 3 aromatic rings. The van der Waals surface area contributed by atoms with E-state index in [0.717, 1.165) is 16.7 Å². The van der Waals surface area contributed by atoms with Crippen molar-refractivity contribution in [1.82, 2.24) is 10.6 Å². The van der Waals surface area contributed by atoms with Crippen LogP contribution in [0.4, 0.5) is 0 Å². The summed E-state index contributed by atoms with van der Waals surface area (Å²) in [5.74, 6) is -1.57. The maximum absolute atomic E-state index is 12.2. The van der Waals surface area contributed by atoms with E-state index in [1.807, 2.05) is 48.5 Å². The number of amides is 2. The number of benzene rings is 3. The van der Waals surface area contributed by atoms with E-state index in [0.29, 0.717) is 10.6 Å². The Hall–Kier alpha value is -3.64. The van der Waals surface area contributed by atoms with Crippen LogP contribution in [0.1, 0.15) is 15.9 Å². The Kier molecular flexibility index (Phi) is 7.79. The molecule has 0 fully saturated rings. The van der Waals surface area contributed by atoms with Gasteiger partial charge in [-0.05, 0) is 34.9 Å². The number of carbonyl (C=O) groups excluding carboxylic acids is 3. The van der Waals surface area contributed by atoms with Crippen LogP contribution in [0.3, 0.4) is 0 Å². The van der Waals surface area contributed by atoms with Crippen molar-refractivity contribution in [1.29, 1.82) is 0 Å². The highest BCUT2D eigenvalue weighted by atomic mass is 35.5. The highest BCUT2D eigenvalue weighted by molar-refractivity contribution is 6.31. The molecule has 0 atom stereocenters. The van der Waals surface area contributed by atoms with Gasteiger partial charge in [-0.2, -0.15) is 0 Å². The van der Waals surface area contributed by atoms with Crippen molar-refractivity contribution in [3.05, 3.63) is 95.0 Å². The quantitative estimate of drug-likeness (QED) is 0.528. The van der Waals surface area contributed by atoms with Gasteiger partial charge in [-0.25, -0.2) is 0 Å². The van der Waals surface area contributed by atoms with Gasteiger partial charge in [0.1, 0.15) is 6.54 Å². The van der Waals surface area contributed by atoms with Gasteiger partial charge in [-0.1, -0.05) is 72.3 Å². The summed E-state index contributed by atoms with van der Waals surface area (Å²) in [4.78, 5) is 35.9. The second kappa shape index (κ2) is 10.9. The topological polar surface area (TPSA) is 84.5 Å². The van der Waals surface area contributed by atoms with Crippen molar-refractivity contribution >= 4 is 29.4 Å². The summed E-state index contributed by atoms with van der Waals surface area (Å²) in [6, 6.07) is 24.0. The van der Waals surface area contributed by atoms with Crippen LogP contribution in [0.2, 0.25) is 5.02 Å². The molecular formula is C24H21ClN2O4. The van der Waals surface area contributed by atoms with Gasteiger partial charge in [0.05, 0.1) is 0 Å². The SMILES string of the molecule is O=C(COC(=O)CNC(=O)c1ccc(-c2ccccc2)cc1)NCc1ccccc1Cl. The normalized spacial score (nSPS) is 10.2. The minimum absolute atomic E-state index is 0.228. The lowest BCUT2D eigenvalue weighted by Crippen LogP contribution is -2.33. The minimum atomic E-state index is -0.706. The molecule has 0 aliphatic rings. The lowest BCUT2D eigenvalue weighted by Gasteiger charge is -2.09. The van der Waals surface area contributed by atoms with Crippen molar-refractivity contribution in [2.75, 3.05) is 13.2 Å². The first-order valence-electron chi connectivity index (χ1n) is 9.62. The van der Waals surface area contributed by atoms with E-state index in [1.54, 1.807) is 30.3 Å². The van der Waals surface area contributed by atoms with Gasteiger partial charge in [0, 0.05) is 17.1 Å². The average molecular weight is 437 g/mol. The molecule has 6 nitrogen and oxygen atoms in total. The fraction of sp³-hybridized carbons (Fsp3) is 0.125. The zero-order chi connectivity index (χ0) is 22.1. The van der Waals surface area contributed by atoms with Crippen LogP contribution in [-0.4, -0.2) is 30.9 Å². The molecule has 0 saturated carbocycles. The minimum Gasteiger partial charge on any atom is -0.454 e. The highest BCUT2D eigenvalue weighted by Gasteiger charge is 2.11. The summed E-state index contributed by atoms with van der Waals surface area (Å²) in [6.07, 6.45) is 0. The number of carbonyl (C=O) groups is 3. The van der Waals surface area contributed by atoms with Crippen LogP contribution >= 0.6 is 11.6 Å². The third-order valence-corrected chi connectivity index (χ3v) is 4.81. The summed E-state index contributed by atoms with van der Waals surface area (Å²) in [5.41, 5.74) is 3.21. The van der Waals surface area contributed by atoms with Crippen LogP contribution < -0.4 is 10.6 Å². The van der Waals surface area contributed by atoms with E-state index < -0.39 is 24.4 Å². The molecule has 3 aromatic carbocycles. The molecule has 0 unspecified atom stereocenters. The van der Waals surface area contributed by atoms with Crippen LogP contribution in [-0.2, 0) is 20.9 Å². The Morgan fingerprint density at radius 3 is 2.13 bits per heavy atom. The van der Waals surface area contributed by atoms with Crippen molar-refractivity contribution in [2.24, 2.45) is 0 Å². The molecule has 0 radical (unpaired) electrons. The van der Waals surface area contributed by atoms with Crippen LogP contribution in [0.5, 0.6) is 0 Å². The number of nitrogens with one attached hydrogen (secondary N) is 2. The molecule has 0 aliphatic heterocycles. The van der Waals surface area contributed by atoms with Gasteiger partial charge in [0.2, 0.25) is 0 Å². The molecule has 0 heterocycles. The molecule has 2 N–H and O–H groups in total. The smallest absolute Gasteiger partial charge is 0.325 e. The summed E-state index contributed by atoms with van der Waals surface area (Å²) in [6.45, 7) is -0.548. The summed E-state index contributed by atoms with van der Waals surface area (Å²) in [7, 11) is 0. The van der Waals surface area contributed by atoms with E-state index >= 15 is 0 Å². The summed E-state index contributed by atoms with van der Waals surface area (Å²) < 4.78 is 4.89. The number of rotatable bonds is 8. The maximum atomic E-state index is 12.2. The highest BCUT2D eigenvalue weighted by Crippen LogP contribution is 2.19. The molecule has 3 rings (SSSR count). The average Bonchev–Trinajstić information content (AvgIpc) is 2.81. The number of ether oxygens (including phenoxy) is 1. The van der Waals surface area contributed by atoms with Crippen molar-refractivity contribution in [2.45, 2.75) is 6.54 Å². The van der Waals surface area contributed by atoms with E-state index in [1.165, 1.54) is 0 Å². The van der Waals surface area contributed by atoms with E-state index in [9.17, 15) is 14.4 Å². The molecule has 0 bridgehead atoms. The number of hydrogen-bond acceptors (Lipinski definition) is 4. The van der Waals surface area contributed by atoms with Gasteiger partial charge in [-0.3, -0.25) is 14.4 Å². The Morgan fingerprint density at radius 1 is 0.774 bits per heavy atom. The first-order chi connectivity index (χ1) is 15.0. The second-order valence-electron chi connectivity index (χ2n) is 6.65. The monoisotopic (exact) mass is 436 g/mol. The first kappa shape index (κ1) is 22.1. The Balaban J connectivity index is 1.39. The molecule has 0 aliphatic carbocycles. The van der Waals surface area contributed by atoms with Gasteiger partial charge in [-0.15, -0.1) is 0 Å². The van der Waals surface area contributed by atoms with E-state index in [-0.39, 0.29) is 13.1 Å². The lowest BCUT2D eigenvalue weighted by atomic mass is 10.0. The molecule has 0 saturated heterocycles. The van der Waals surface area contributed by atoms with E-state index in [2.05, 4.69) is 10.6 Å². The van der Waals surface area contributed by atoms with Crippen molar-refractivity contribution in [3.63, 3.8) is 0 Å². The standard InChI is InChI=1S/C24H21ClN2O4/c25-21-9-5-4-8-20(21)14-26-22(28)16-31-23(29)15-27-24(30)19-12-10-18(11-13-19)17-6-2-1-3-7-17/h1-13H,14-16H2,(H,26,28)(H,27,30). The number of hydrogen-bond donors (Lipinski definition) is 2. The molecule has 31 heavy (non-hydrogen) atoms. The van der Waals surface area contributed by atoms with Crippen LogP contribution in [0.25, 0.3) is 11.1 Å². The lowest BCUT2D eigenvalue weighted by molar-refractivity contribution is -0.147. The largest absolute Gasteiger partial charge is 0.454 e. The molecule has 0 spiro atoms. The third-order valence-electron chi connectivity index (χ3n) is 4.45. The van der Waals surface area contributed by atoms with Gasteiger partial charge >= 0.3 is 5.97 Å². The zero-order valence-corrected chi connectivity index (χ0v) is 17.4. The predicted molar refractivity (Wildman–Crippen MR) is 118 cm³/mol. The second-order valence-corrected chi connectivity index (χ2v) is 7.06. The third kappa shape index (κ3) is 6.69. The van der Waals surface area contributed by atoms with E-state index in [4.69, 9.17) is 16.3 Å². The molecule has 0 aromatic heterocycles. The Labute approximate surface area is 185 Å². The van der Waals surface area contributed by atoms with Crippen molar-refractivity contribution < 1.29 is 19.1 Å². The van der Waals surface area contributed by atoms with Crippen molar-refractivity contribution in [3.8, 4) is 11.1 Å². The zero-order valence-electron chi connectivity index (χ0n) is 16.6. The molecule has 158 valence electrons. The Morgan fingerprint density at radius 2 is 1.42 bits per heavy atom. The maximum Gasteiger partial charge on any atom is 0.325 e. The number of halogens is 1. The van der Waals surface area contributed by atoms with Crippen LogP contribution in [0, 0.1) is 0 Å². The molecule has 2 amide bonds. The summed E-state index contributed by atoms with van der Waals surface area (Å²) in [5, 5.41) is 5.64. The van der Waals surface area contributed by atoms with Gasteiger partial charge < -0.3 is 15.4 Å². The first-order valence-corrected chi connectivity index (χ1v) is 10.00. The molecule has 7 heteroatoms.